The van der Waals surface area contributed by atoms with Crippen LogP contribution in [0.15, 0.2) is 12.2 Å². The molecular weight excluding hydrogens is 152 g/mol. The Kier molecular flexibility index (Phi) is 1.38. The fourth-order valence-electron chi connectivity index (χ4n) is 2.98. The molecule has 0 N–H and O–H groups in total. The third-order valence-electron chi connectivity index (χ3n) is 3.57. The molecule has 2 heteroatoms. The summed E-state index contributed by atoms with van der Waals surface area (Å²) in [6, 6.07) is 0. The summed E-state index contributed by atoms with van der Waals surface area (Å²) in [5, 5.41) is 0. The maximum atomic E-state index is 5.40. The Bertz CT molecular complexity index is 216. The van der Waals surface area contributed by atoms with Crippen LogP contribution in [-0.2, 0) is 9.47 Å². The summed E-state index contributed by atoms with van der Waals surface area (Å²) in [6.07, 6.45) is 7.36. The maximum absolute atomic E-state index is 5.40. The van der Waals surface area contributed by atoms with E-state index < -0.39 is 0 Å². The van der Waals surface area contributed by atoms with Crippen molar-refractivity contribution >= 4 is 0 Å². The first kappa shape index (κ1) is 7.10. The lowest BCUT2D eigenvalue weighted by molar-refractivity contribution is -0.172. The molecule has 66 valence electrons. The predicted octanol–water partition coefficient (Wildman–Crippen LogP) is 1.57. The summed E-state index contributed by atoms with van der Waals surface area (Å²) in [5.41, 5.74) is 0.359. The van der Waals surface area contributed by atoms with E-state index in [1.165, 1.54) is 12.8 Å². The lowest BCUT2D eigenvalue weighted by atomic mass is 9.77. The molecule has 2 unspecified atom stereocenters. The van der Waals surface area contributed by atoms with E-state index in [1.807, 2.05) is 0 Å². The smallest absolute Gasteiger partial charge is 0.146 e. The molecular formula is C10H14O2. The minimum atomic E-state index is 0.359. The standard InChI is InChI=1S/C10H14O2/c1-2-9-3-8(1)4-10(9)5-11-7-12-6-10/h1-2,8-9H,3-7H2. The van der Waals surface area contributed by atoms with Crippen LogP contribution in [0.3, 0.4) is 0 Å². The van der Waals surface area contributed by atoms with Crippen LogP contribution in [0, 0.1) is 17.3 Å². The molecule has 2 fully saturated rings. The molecule has 3 aliphatic rings. The zero-order valence-corrected chi connectivity index (χ0v) is 7.16. The van der Waals surface area contributed by atoms with Crippen LogP contribution in [0.5, 0.6) is 0 Å². The zero-order valence-electron chi connectivity index (χ0n) is 7.16. The van der Waals surface area contributed by atoms with Crippen molar-refractivity contribution in [2.24, 2.45) is 17.3 Å². The molecule has 1 saturated carbocycles. The van der Waals surface area contributed by atoms with Gasteiger partial charge in [-0.15, -0.1) is 0 Å². The van der Waals surface area contributed by atoms with Crippen molar-refractivity contribution in [2.45, 2.75) is 12.8 Å². The van der Waals surface area contributed by atoms with E-state index in [0.29, 0.717) is 12.2 Å². The number of rotatable bonds is 0. The Morgan fingerprint density at radius 2 is 2.00 bits per heavy atom. The van der Waals surface area contributed by atoms with E-state index in [9.17, 15) is 0 Å². The van der Waals surface area contributed by atoms with Crippen molar-refractivity contribution in [3.63, 3.8) is 0 Å². The van der Waals surface area contributed by atoms with Gasteiger partial charge in [-0.25, -0.2) is 0 Å². The van der Waals surface area contributed by atoms with Gasteiger partial charge < -0.3 is 9.47 Å². The van der Waals surface area contributed by atoms with Gasteiger partial charge in [-0.3, -0.25) is 0 Å². The molecule has 12 heavy (non-hydrogen) atoms. The van der Waals surface area contributed by atoms with Gasteiger partial charge in [0.25, 0.3) is 0 Å². The van der Waals surface area contributed by atoms with E-state index in [1.54, 1.807) is 0 Å². The summed E-state index contributed by atoms with van der Waals surface area (Å²) in [4.78, 5) is 0. The fourth-order valence-corrected chi connectivity index (χ4v) is 2.98. The molecule has 1 aliphatic heterocycles. The number of hydrogen-bond acceptors (Lipinski definition) is 2. The van der Waals surface area contributed by atoms with Crippen molar-refractivity contribution < 1.29 is 9.47 Å². The van der Waals surface area contributed by atoms with Gasteiger partial charge in [-0.1, -0.05) is 12.2 Å². The van der Waals surface area contributed by atoms with Crippen LogP contribution in [0.4, 0.5) is 0 Å². The molecule has 2 atom stereocenters. The third-order valence-corrected chi connectivity index (χ3v) is 3.57. The van der Waals surface area contributed by atoms with Crippen LogP contribution >= 0.6 is 0 Å². The molecule has 0 aromatic rings. The molecule has 0 radical (unpaired) electrons. The highest BCUT2D eigenvalue weighted by Crippen LogP contribution is 2.53. The molecule has 2 nitrogen and oxygen atoms in total. The summed E-state index contributed by atoms with van der Waals surface area (Å²) in [6.45, 7) is 2.33. The van der Waals surface area contributed by atoms with E-state index in [4.69, 9.17) is 9.47 Å². The SMILES string of the molecule is C1=CC2CC1CC21COCOC1. The normalized spacial score (nSPS) is 42.7. The van der Waals surface area contributed by atoms with Crippen LogP contribution in [0.2, 0.25) is 0 Å². The maximum Gasteiger partial charge on any atom is 0.146 e. The minimum absolute atomic E-state index is 0.359. The number of allylic oxidation sites excluding steroid dienone is 2. The van der Waals surface area contributed by atoms with E-state index in [2.05, 4.69) is 12.2 Å². The van der Waals surface area contributed by atoms with Crippen LogP contribution in [-0.4, -0.2) is 20.0 Å². The Balaban J connectivity index is 1.86. The third kappa shape index (κ3) is 0.824. The van der Waals surface area contributed by atoms with Gasteiger partial charge >= 0.3 is 0 Å². The molecule has 1 saturated heterocycles. The number of fused-ring (bicyclic) bond motifs is 3. The molecule has 1 heterocycles. The largest absolute Gasteiger partial charge is 0.355 e. The summed E-state index contributed by atoms with van der Waals surface area (Å²) >= 11 is 0. The number of hydrogen-bond donors (Lipinski definition) is 0. The second kappa shape index (κ2) is 2.33. The van der Waals surface area contributed by atoms with Gasteiger partial charge in [0.2, 0.25) is 0 Å². The topological polar surface area (TPSA) is 18.5 Å². The van der Waals surface area contributed by atoms with Crippen LogP contribution in [0.25, 0.3) is 0 Å². The monoisotopic (exact) mass is 166 g/mol. The average molecular weight is 166 g/mol. The first-order chi connectivity index (χ1) is 5.89. The van der Waals surface area contributed by atoms with Gasteiger partial charge in [0, 0.05) is 5.41 Å². The van der Waals surface area contributed by atoms with Crippen LogP contribution in [0.1, 0.15) is 12.8 Å². The summed E-state index contributed by atoms with van der Waals surface area (Å²) in [7, 11) is 0. The van der Waals surface area contributed by atoms with Gasteiger partial charge in [-0.05, 0) is 24.7 Å². The Labute approximate surface area is 72.5 Å². The summed E-state index contributed by atoms with van der Waals surface area (Å²) < 4.78 is 10.8. The lowest BCUT2D eigenvalue weighted by Gasteiger charge is -2.38. The van der Waals surface area contributed by atoms with E-state index in [0.717, 1.165) is 25.0 Å². The molecule has 0 amide bonds. The van der Waals surface area contributed by atoms with Gasteiger partial charge in [-0.2, -0.15) is 0 Å². The number of ether oxygens (including phenoxy) is 2. The molecule has 2 bridgehead atoms. The molecule has 0 aromatic carbocycles. The Hall–Kier alpha value is -0.340. The van der Waals surface area contributed by atoms with Crippen LogP contribution < -0.4 is 0 Å². The second-order valence-corrected chi connectivity index (χ2v) is 4.37. The second-order valence-electron chi connectivity index (χ2n) is 4.37. The quantitative estimate of drug-likeness (QED) is 0.508. The molecule has 2 aliphatic carbocycles. The van der Waals surface area contributed by atoms with Crippen molar-refractivity contribution in [3.8, 4) is 0 Å². The Morgan fingerprint density at radius 1 is 1.17 bits per heavy atom. The first-order valence-electron chi connectivity index (χ1n) is 4.73. The van der Waals surface area contributed by atoms with Gasteiger partial charge in [0.05, 0.1) is 13.2 Å². The zero-order chi connectivity index (χ0) is 8.02. The van der Waals surface area contributed by atoms with Crippen molar-refractivity contribution in [1.82, 2.24) is 0 Å². The highest BCUT2D eigenvalue weighted by molar-refractivity contribution is 5.16. The average Bonchev–Trinajstić information content (AvgIpc) is 2.65. The van der Waals surface area contributed by atoms with E-state index >= 15 is 0 Å². The van der Waals surface area contributed by atoms with Crippen molar-refractivity contribution in [3.05, 3.63) is 12.2 Å². The van der Waals surface area contributed by atoms with Gasteiger partial charge in [0.1, 0.15) is 6.79 Å². The first-order valence-corrected chi connectivity index (χ1v) is 4.73. The van der Waals surface area contributed by atoms with Crippen molar-refractivity contribution in [1.29, 1.82) is 0 Å². The summed E-state index contributed by atoms with van der Waals surface area (Å²) in [5.74, 6) is 1.56. The van der Waals surface area contributed by atoms with Crippen molar-refractivity contribution in [2.75, 3.05) is 20.0 Å². The Morgan fingerprint density at radius 3 is 2.58 bits per heavy atom. The molecule has 1 spiro atoms. The predicted molar refractivity (Wildman–Crippen MR) is 44.6 cm³/mol. The highest BCUT2D eigenvalue weighted by Gasteiger charge is 2.49. The lowest BCUT2D eigenvalue weighted by Crippen LogP contribution is -2.40. The van der Waals surface area contributed by atoms with Gasteiger partial charge in [0.15, 0.2) is 0 Å². The highest BCUT2D eigenvalue weighted by atomic mass is 16.7. The molecule has 0 aromatic heterocycles. The molecule has 3 rings (SSSR count). The minimum Gasteiger partial charge on any atom is -0.355 e. The fraction of sp³-hybridized carbons (Fsp3) is 0.800. The van der Waals surface area contributed by atoms with E-state index in [-0.39, 0.29) is 0 Å².